The molecule has 1 aliphatic rings. The van der Waals surface area contributed by atoms with Gasteiger partial charge in [-0.2, -0.15) is 0 Å². The third kappa shape index (κ3) is 4.37. The highest BCUT2D eigenvalue weighted by Gasteiger charge is 2.15. The monoisotopic (exact) mass is 376 g/mol. The summed E-state index contributed by atoms with van der Waals surface area (Å²) in [4.78, 5) is 12.3. The molecule has 0 unspecified atom stereocenters. The molecule has 142 valence electrons. The Hall–Kier alpha value is -3.61. The zero-order valence-electron chi connectivity index (χ0n) is 15.2. The molecule has 7 heteroatoms. The molecule has 0 fully saturated rings. The fourth-order valence-corrected chi connectivity index (χ4v) is 2.87. The highest BCUT2D eigenvalue weighted by Crippen LogP contribution is 2.34. The quantitative estimate of drug-likeness (QED) is 0.614. The smallest absolute Gasteiger partial charge is 0.276 e. The maximum atomic E-state index is 12.3. The molecule has 0 radical (unpaired) electrons. The van der Waals surface area contributed by atoms with Crippen LogP contribution < -0.4 is 20.1 Å². The number of anilines is 2. The Morgan fingerprint density at radius 1 is 0.964 bits per heavy atom. The first-order valence-electron chi connectivity index (χ1n) is 9.10. The highest BCUT2D eigenvalue weighted by molar-refractivity contribution is 6.03. The molecule has 1 amide bonds. The van der Waals surface area contributed by atoms with Crippen molar-refractivity contribution in [2.75, 3.05) is 24.0 Å². The lowest BCUT2D eigenvalue weighted by atomic mass is 10.1. The van der Waals surface area contributed by atoms with E-state index < -0.39 is 0 Å². The predicted molar refractivity (Wildman–Crippen MR) is 106 cm³/mol. The van der Waals surface area contributed by atoms with E-state index in [1.54, 1.807) is 30.3 Å². The van der Waals surface area contributed by atoms with E-state index in [1.807, 2.05) is 18.2 Å². The summed E-state index contributed by atoms with van der Waals surface area (Å²) in [6.45, 7) is 0.977. The van der Waals surface area contributed by atoms with E-state index in [4.69, 9.17) is 9.47 Å². The van der Waals surface area contributed by atoms with E-state index in [9.17, 15) is 4.79 Å². The number of amides is 1. The summed E-state index contributed by atoms with van der Waals surface area (Å²) in [5.74, 6) is 1.59. The lowest BCUT2D eigenvalue weighted by molar-refractivity contribution is 0.102. The topological polar surface area (TPSA) is 85.4 Å². The van der Waals surface area contributed by atoms with E-state index in [1.165, 1.54) is 5.56 Å². The van der Waals surface area contributed by atoms with E-state index in [0.717, 1.165) is 19.4 Å². The standard InChI is InChI=1S/C21H20N4O3/c26-21(23-16-8-10-18-19(13-16)28-14-27-18)17-9-11-20(25-24-17)22-12-4-7-15-5-2-1-3-6-15/h1-3,5-6,8-11,13H,4,7,12,14H2,(H,22,25)(H,23,26). The number of nitrogens with one attached hydrogen (secondary N) is 2. The van der Waals surface area contributed by atoms with Crippen molar-refractivity contribution in [1.82, 2.24) is 10.2 Å². The molecular formula is C21H20N4O3. The number of fused-ring (bicyclic) bond motifs is 1. The molecular weight excluding hydrogens is 356 g/mol. The van der Waals surface area contributed by atoms with Crippen molar-refractivity contribution in [3.8, 4) is 11.5 Å². The summed E-state index contributed by atoms with van der Waals surface area (Å²) in [6.07, 6.45) is 1.98. The van der Waals surface area contributed by atoms with Crippen LogP contribution in [-0.2, 0) is 6.42 Å². The lowest BCUT2D eigenvalue weighted by Crippen LogP contribution is -2.15. The average molecular weight is 376 g/mol. The van der Waals surface area contributed by atoms with Crippen LogP contribution in [0.4, 0.5) is 11.5 Å². The SMILES string of the molecule is O=C(Nc1ccc2c(c1)OCO2)c1ccc(NCCCc2ccccc2)nn1. The number of benzene rings is 2. The van der Waals surface area contributed by atoms with Gasteiger partial charge in [-0.1, -0.05) is 30.3 Å². The molecule has 2 aromatic carbocycles. The number of hydrogen-bond acceptors (Lipinski definition) is 6. The number of hydrogen-bond donors (Lipinski definition) is 2. The molecule has 0 atom stereocenters. The van der Waals surface area contributed by atoms with E-state index in [-0.39, 0.29) is 18.4 Å². The Morgan fingerprint density at radius 3 is 2.64 bits per heavy atom. The molecule has 0 aliphatic carbocycles. The fourth-order valence-electron chi connectivity index (χ4n) is 2.87. The van der Waals surface area contributed by atoms with Crippen molar-refractivity contribution in [1.29, 1.82) is 0 Å². The summed E-state index contributed by atoms with van der Waals surface area (Å²) in [5, 5.41) is 14.1. The Kier molecular flexibility index (Phi) is 5.33. The van der Waals surface area contributed by atoms with Gasteiger partial charge in [0.25, 0.3) is 5.91 Å². The van der Waals surface area contributed by atoms with Gasteiger partial charge in [0.1, 0.15) is 5.82 Å². The van der Waals surface area contributed by atoms with Crippen molar-refractivity contribution in [3.05, 3.63) is 71.9 Å². The fraction of sp³-hybridized carbons (Fsp3) is 0.190. The van der Waals surface area contributed by atoms with Crippen LogP contribution in [0.1, 0.15) is 22.5 Å². The normalized spacial score (nSPS) is 11.9. The maximum absolute atomic E-state index is 12.3. The minimum atomic E-state index is -0.331. The van der Waals surface area contributed by atoms with Gasteiger partial charge in [0, 0.05) is 18.3 Å². The summed E-state index contributed by atoms with van der Waals surface area (Å²) < 4.78 is 10.6. The van der Waals surface area contributed by atoms with Crippen LogP contribution >= 0.6 is 0 Å². The van der Waals surface area contributed by atoms with Crippen LogP contribution in [0.2, 0.25) is 0 Å². The molecule has 1 aliphatic heterocycles. The van der Waals surface area contributed by atoms with Gasteiger partial charge in [0.15, 0.2) is 17.2 Å². The van der Waals surface area contributed by atoms with Crippen LogP contribution in [-0.4, -0.2) is 29.4 Å². The molecule has 0 saturated heterocycles. The lowest BCUT2D eigenvalue weighted by Gasteiger charge is -2.07. The number of aryl methyl sites for hydroxylation is 1. The van der Waals surface area contributed by atoms with Crippen molar-refractivity contribution < 1.29 is 14.3 Å². The first kappa shape index (κ1) is 17.8. The Labute approximate surface area is 162 Å². The van der Waals surface area contributed by atoms with E-state index >= 15 is 0 Å². The van der Waals surface area contributed by atoms with Gasteiger partial charge in [-0.3, -0.25) is 4.79 Å². The van der Waals surface area contributed by atoms with Gasteiger partial charge in [-0.15, -0.1) is 10.2 Å². The summed E-state index contributed by atoms with van der Waals surface area (Å²) in [6, 6.07) is 19.0. The summed E-state index contributed by atoms with van der Waals surface area (Å²) in [5.41, 5.74) is 2.16. The summed E-state index contributed by atoms with van der Waals surface area (Å²) >= 11 is 0. The minimum absolute atomic E-state index is 0.192. The molecule has 1 aromatic heterocycles. The highest BCUT2D eigenvalue weighted by atomic mass is 16.7. The minimum Gasteiger partial charge on any atom is -0.454 e. The second-order valence-corrected chi connectivity index (χ2v) is 6.34. The molecule has 0 spiro atoms. The number of carbonyl (C=O) groups is 1. The largest absolute Gasteiger partial charge is 0.454 e. The number of nitrogens with zero attached hydrogens (tertiary/aromatic N) is 2. The third-order valence-corrected chi connectivity index (χ3v) is 4.32. The van der Waals surface area contributed by atoms with Crippen molar-refractivity contribution in [2.45, 2.75) is 12.8 Å². The molecule has 7 nitrogen and oxygen atoms in total. The maximum Gasteiger partial charge on any atom is 0.276 e. The van der Waals surface area contributed by atoms with Gasteiger partial charge in [-0.25, -0.2) is 0 Å². The molecule has 2 heterocycles. The Morgan fingerprint density at radius 2 is 1.82 bits per heavy atom. The van der Waals surface area contributed by atoms with Crippen molar-refractivity contribution >= 4 is 17.4 Å². The van der Waals surface area contributed by atoms with Gasteiger partial charge < -0.3 is 20.1 Å². The van der Waals surface area contributed by atoms with Crippen molar-refractivity contribution in [3.63, 3.8) is 0 Å². The average Bonchev–Trinajstić information content (AvgIpc) is 3.20. The second kappa shape index (κ2) is 8.39. The van der Waals surface area contributed by atoms with Gasteiger partial charge in [-0.05, 0) is 42.7 Å². The first-order chi connectivity index (χ1) is 13.8. The first-order valence-corrected chi connectivity index (χ1v) is 9.10. The molecule has 4 rings (SSSR count). The van der Waals surface area contributed by atoms with Crippen LogP contribution in [0.25, 0.3) is 0 Å². The third-order valence-electron chi connectivity index (χ3n) is 4.32. The Balaban J connectivity index is 1.27. The molecule has 0 bridgehead atoms. The number of rotatable bonds is 7. The molecule has 3 aromatic rings. The van der Waals surface area contributed by atoms with Crippen LogP contribution in [0.3, 0.4) is 0 Å². The van der Waals surface area contributed by atoms with Gasteiger partial charge in [0.2, 0.25) is 6.79 Å². The number of aromatic nitrogens is 2. The van der Waals surface area contributed by atoms with E-state index in [2.05, 4.69) is 33.0 Å². The van der Waals surface area contributed by atoms with Crippen LogP contribution in [0, 0.1) is 0 Å². The van der Waals surface area contributed by atoms with E-state index in [0.29, 0.717) is 23.0 Å². The summed E-state index contributed by atoms with van der Waals surface area (Å²) in [7, 11) is 0. The Bertz CT molecular complexity index is 946. The molecule has 0 saturated carbocycles. The van der Waals surface area contributed by atoms with Crippen LogP contribution in [0.15, 0.2) is 60.7 Å². The van der Waals surface area contributed by atoms with Gasteiger partial charge in [0.05, 0.1) is 0 Å². The zero-order valence-corrected chi connectivity index (χ0v) is 15.2. The number of carbonyl (C=O) groups excluding carboxylic acids is 1. The van der Waals surface area contributed by atoms with Crippen LogP contribution in [0.5, 0.6) is 11.5 Å². The zero-order chi connectivity index (χ0) is 19.2. The van der Waals surface area contributed by atoms with Gasteiger partial charge >= 0.3 is 0 Å². The second-order valence-electron chi connectivity index (χ2n) is 6.34. The van der Waals surface area contributed by atoms with Crippen molar-refractivity contribution in [2.24, 2.45) is 0 Å². The molecule has 2 N–H and O–H groups in total. The number of ether oxygens (including phenoxy) is 2. The molecule has 28 heavy (non-hydrogen) atoms. The predicted octanol–water partition coefficient (Wildman–Crippen LogP) is 3.50.